The number of hydrogen-bond donors (Lipinski definition) is 1. The first kappa shape index (κ1) is 19.0. The molecule has 0 saturated heterocycles. The third kappa shape index (κ3) is 3.80. The molecule has 29 heavy (non-hydrogen) atoms. The first-order valence-electron chi connectivity index (χ1n) is 8.56. The van der Waals surface area contributed by atoms with Crippen LogP contribution in [-0.2, 0) is 0 Å². The predicted molar refractivity (Wildman–Crippen MR) is 113 cm³/mol. The molecule has 0 atom stereocenters. The van der Waals surface area contributed by atoms with E-state index in [2.05, 4.69) is 15.4 Å². The molecule has 0 radical (unpaired) electrons. The molecule has 0 spiro atoms. The fraction of sp³-hybridized carbons (Fsp3) is 0.105. The maximum atomic E-state index is 12.9. The van der Waals surface area contributed by atoms with E-state index in [1.165, 1.54) is 23.5 Å². The predicted octanol–water partition coefficient (Wildman–Crippen LogP) is 4.83. The number of rotatable bonds is 5. The highest BCUT2D eigenvalue weighted by atomic mass is 32.1. The lowest BCUT2D eigenvalue weighted by Gasteiger charge is -2.08. The average molecular weight is 425 g/mol. The van der Waals surface area contributed by atoms with Crippen LogP contribution in [0.3, 0.4) is 0 Å². The van der Waals surface area contributed by atoms with Gasteiger partial charge in [-0.1, -0.05) is 6.07 Å². The second-order valence-electron chi connectivity index (χ2n) is 6.22. The largest absolute Gasteiger partial charge is 0.306 e. The number of nitrogens with one attached hydrogen (secondary N) is 1. The molecule has 146 valence electrons. The van der Waals surface area contributed by atoms with Crippen LogP contribution in [0.2, 0.25) is 0 Å². The number of non-ortho nitro benzene ring substituents is 1. The summed E-state index contributed by atoms with van der Waals surface area (Å²) in [6.45, 7) is 3.62. The van der Waals surface area contributed by atoms with E-state index in [9.17, 15) is 14.9 Å². The summed E-state index contributed by atoms with van der Waals surface area (Å²) in [6, 6.07) is 11.6. The van der Waals surface area contributed by atoms with Gasteiger partial charge in [0, 0.05) is 18.2 Å². The van der Waals surface area contributed by atoms with E-state index >= 15 is 0 Å². The highest BCUT2D eigenvalue weighted by Crippen LogP contribution is 2.31. The lowest BCUT2D eigenvalue weighted by atomic mass is 10.3. The van der Waals surface area contributed by atoms with E-state index in [0.717, 1.165) is 9.88 Å². The maximum Gasteiger partial charge on any atom is 0.269 e. The van der Waals surface area contributed by atoms with Crippen molar-refractivity contribution in [2.24, 2.45) is 0 Å². The van der Waals surface area contributed by atoms with Crippen molar-refractivity contribution >= 4 is 40.1 Å². The fourth-order valence-electron chi connectivity index (χ4n) is 2.79. The zero-order valence-electron chi connectivity index (χ0n) is 15.4. The molecule has 3 heterocycles. The van der Waals surface area contributed by atoms with Gasteiger partial charge in [0.25, 0.3) is 11.6 Å². The van der Waals surface area contributed by atoms with Crippen molar-refractivity contribution in [3.8, 4) is 15.6 Å². The summed E-state index contributed by atoms with van der Waals surface area (Å²) >= 11 is 2.91. The molecule has 0 fully saturated rings. The number of hydrogen-bond acceptors (Lipinski definition) is 7. The molecule has 4 rings (SSSR count). The van der Waals surface area contributed by atoms with E-state index in [1.54, 1.807) is 41.1 Å². The standard InChI is InChI=1S/C19H15N5O3S2/c1-11-10-16(23(22-11)13-5-7-14(8-6-13)24(26)27)21-18(25)17-12(2)20-19(29-17)15-4-3-9-28-15/h3-10H,1-2H3,(H,21,25). The van der Waals surface area contributed by atoms with Crippen molar-refractivity contribution in [2.75, 3.05) is 5.32 Å². The van der Waals surface area contributed by atoms with Crippen molar-refractivity contribution < 1.29 is 9.72 Å². The van der Waals surface area contributed by atoms with Gasteiger partial charge in [0.2, 0.25) is 0 Å². The Bertz CT molecular complexity index is 1190. The molecule has 4 aromatic rings. The molecular formula is C19H15N5O3S2. The van der Waals surface area contributed by atoms with E-state index in [0.29, 0.717) is 27.8 Å². The minimum absolute atomic E-state index is 0.00963. The van der Waals surface area contributed by atoms with Gasteiger partial charge in [0.1, 0.15) is 15.7 Å². The van der Waals surface area contributed by atoms with Gasteiger partial charge in [-0.25, -0.2) is 9.67 Å². The highest BCUT2D eigenvalue weighted by Gasteiger charge is 2.19. The van der Waals surface area contributed by atoms with Crippen molar-refractivity contribution in [1.82, 2.24) is 14.8 Å². The minimum atomic E-state index is -0.460. The van der Waals surface area contributed by atoms with Crippen LogP contribution in [0.5, 0.6) is 0 Å². The van der Waals surface area contributed by atoms with Crippen molar-refractivity contribution in [2.45, 2.75) is 13.8 Å². The first-order chi connectivity index (χ1) is 13.9. The molecule has 0 aliphatic heterocycles. The van der Waals surface area contributed by atoms with Gasteiger partial charge in [-0.15, -0.1) is 22.7 Å². The quantitative estimate of drug-likeness (QED) is 0.364. The molecule has 0 aliphatic carbocycles. The molecule has 10 heteroatoms. The number of nitro groups is 1. The third-order valence-corrected chi connectivity index (χ3v) is 6.31. The van der Waals surface area contributed by atoms with Crippen LogP contribution in [0.1, 0.15) is 21.1 Å². The van der Waals surface area contributed by atoms with Gasteiger partial charge in [-0.05, 0) is 37.4 Å². The van der Waals surface area contributed by atoms with Crippen LogP contribution in [0, 0.1) is 24.0 Å². The van der Waals surface area contributed by atoms with Gasteiger partial charge < -0.3 is 5.32 Å². The monoisotopic (exact) mass is 425 g/mol. The van der Waals surface area contributed by atoms with Crippen LogP contribution in [0.25, 0.3) is 15.6 Å². The van der Waals surface area contributed by atoms with Gasteiger partial charge in [-0.2, -0.15) is 5.10 Å². The molecule has 0 aliphatic rings. The molecule has 0 bridgehead atoms. The molecule has 1 aromatic carbocycles. The van der Waals surface area contributed by atoms with Crippen LogP contribution in [-0.4, -0.2) is 25.6 Å². The SMILES string of the molecule is Cc1cc(NC(=O)c2sc(-c3cccs3)nc2C)n(-c2ccc([N+](=O)[O-])cc2)n1. The van der Waals surface area contributed by atoms with Crippen LogP contribution >= 0.6 is 22.7 Å². The summed E-state index contributed by atoms with van der Waals surface area (Å²) < 4.78 is 1.55. The molecule has 0 saturated carbocycles. The van der Waals surface area contributed by atoms with Gasteiger partial charge in [0.15, 0.2) is 0 Å². The number of nitro benzene ring substituents is 1. The van der Waals surface area contributed by atoms with E-state index in [1.807, 2.05) is 24.4 Å². The average Bonchev–Trinajstić information content (AvgIpc) is 3.42. The molecular weight excluding hydrogens is 410 g/mol. The molecule has 8 nitrogen and oxygen atoms in total. The number of aromatic nitrogens is 3. The number of amides is 1. The number of thiazole rings is 1. The molecule has 1 N–H and O–H groups in total. The normalized spacial score (nSPS) is 10.8. The lowest BCUT2D eigenvalue weighted by molar-refractivity contribution is -0.384. The van der Waals surface area contributed by atoms with Gasteiger partial charge >= 0.3 is 0 Å². The lowest BCUT2D eigenvalue weighted by Crippen LogP contribution is -2.15. The Kier molecular flexibility index (Phi) is 4.95. The second kappa shape index (κ2) is 7.57. The summed E-state index contributed by atoms with van der Waals surface area (Å²) in [4.78, 5) is 29.3. The zero-order chi connectivity index (χ0) is 20.5. The number of carbonyl (C=O) groups excluding carboxylic acids is 1. The summed E-state index contributed by atoms with van der Waals surface area (Å²) in [6.07, 6.45) is 0. The Labute approximate surface area is 173 Å². The summed E-state index contributed by atoms with van der Waals surface area (Å²) in [5, 5.41) is 20.9. The van der Waals surface area contributed by atoms with Crippen molar-refractivity contribution in [3.05, 3.63) is 74.2 Å². The summed E-state index contributed by atoms with van der Waals surface area (Å²) in [7, 11) is 0. The Morgan fingerprint density at radius 1 is 1.21 bits per heavy atom. The van der Waals surface area contributed by atoms with Crippen LogP contribution in [0.4, 0.5) is 11.5 Å². The number of nitrogens with zero attached hydrogens (tertiary/aromatic N) is 4. The number of aryl methyl sites for hydroxylation is 2. The third-order valence-electron chi connectivity index (χ3n) is 4.11. The van der Waals surface area contributed by atoms with Crippen LogP contribution in [0.15, 0.2) is 47.8 Å². The van der Waals surface area contributed by atoms with Crippen molar-refractivity contribution in [1.29, 1.82) is 0 Å². The second-order valence-corrected chi connectivity index (χ2v) is 8.17. The van der Waals surface area contributed by atoms with Gasteiger partial charge in [0.05, 0.1) is 26.9 Å². The smallest absolute Gasteiger partial charge is 0.269 e. The number of carbonyl (C=O) groups is 1. The van der Waals surface area contributed by atoms with E-state index < -0.39 is 4.92 Å². The molecule has 0 unspecified atom stereocenters. The minimum Gasteiger partial charge on any atom is -0.306 e. The topological polar surface area (TPSA) is 103 Å². The summed E-state index contributed by atoms with van der Waals surface area (Å²) in [5.74, 6) is 0.206. The molecule has 1 amide bonds. The summed E-state index contributed by atoms with van der Waals surface area (Å²) in [5.41, 5.74) is 1.97. The van der Waals surface area contributed by atoms with E-state index in [-0.39, 0.29) is 11.6 Å². The Balaban J connectivity index is 1.62. The fourth-order valence-corrected chi connectivity index (χ4v) is 4.55. The number of anilines is 1. The number of benzene rings is 1. The van der Waals surface area contributed by atoms with Crippen LogP contribution < -0.4 is 5.32 Å². The zero-order valence-corrected chi connectivity index (χ0v) is 17.1. The molecule has 3 aromatic heterocycles. The Morgan fingerprint density at radius 3 is 2.62 bits per heavy atom. The Morgan fingerprint density at radius 2 is 1.97 bits per heavy atom. The van der Waals surface area contributed by atoms with Crippen molar-refractivity contribution in [3.63, 3.8) is 0 Å². The van der Waals surface area contributed by atoms with Gasteiger partial charge in [-0.3, -0.25) is 14.9 Å². The highest BCUT2D eigenvalue weighted by molar-refractivity contribution is 7.22. The Hall–Kier alpha value is -3.37. The maximum absolute atomic E-state index is 12.9. The number of thiophene rings is 1. The van der Waals surface area contributed by atoms with E-state index in [4.69, 9.17) is 0 Å². The first-order valence-corrected chi connectivity index (χ1v) is 10.3.